The number of halogens is 2. The van der Waals surface area contributed by atoms with E-state index in [9.17, 15) is 14.6 Å². The first kappa shape index (κ1) is 30.2. The Morgan fingerprint density at radius 3 is 2.47 bits per heavy atom. The first-order valence-corrected chi connectivity index (χ1v) is 12.6. The number of thiophene rings is 1. The summed E-state index contributed by atoms with van der Waals surface area (Å²) >= 11 is 7.99. The molecule has 1 saturated heterocycles. The molecular formula is C27H37ClFNO3S. The summed E-state index contributed by atoms with van der Waals surface area (Å²) in [6, 6.07) is 12.3. The number of hydrogen-bond acceptors (Lipinski definition) is 5. The van der Waals surface area contributed by atoms with E-state index in [0.29, 0.717) is 23.4 Å². The Hall–Kier alpha value is -1.83. The van der Waals surface area contributed by atoms with E-state index in [4.69, 9.17) is 16.3 Å². The second-order valence-electron chi connectivity index (χ2n) is 7.43. The van der Waals surface area contributed by atoms with Gasteiger partial charge in [-0.3, -0.25) is 0 Å². The lowest BCUT2D eigenvalue weighted by molar-refractivity contribution is -0.277. The van der Waals surface area contributed by atoms with Crippen LogP contribution in [0.3, 0.4) is 0 Å². The van der Waals surface area contributed by atoms with E-state index in [1.807, 2.05) is 52.8 Å². The molecule has 1 fully saturated rings. The van der Waals surface area contributed by atoms with Gasteiger partial charge in [-0.2, -0.15) is 4.39 Å². The van der Waals surface area contributed by atoms with Crippen LogP contribution in [0.15, 0.2) is 48.7 Å². The molecule has 188 valence electrons. The van der Waals surface area contributed by atoms with Gasteiger partial charge in [-0.05, 0) is 55.3 Å². The lowest BCUT2D eigenvalue weighted by Gasteiger charge is -2.38. The van der Waals surface area contributed by atoms with Crippen molar-refractivity contribution in [3.8, 4) is 10.4 Å². The van der Waals surface area contributed by atoms with Crippen molar-refractivity contribution in [3.05, 3.63) is 75.6 Å². The Labute approximate surface area is 212 Å². The second kappa shape index (κ2) is 13.9. The van der Waals surface area contributed by atoms with Crippen LogP contribution in [0, 0.1) is 5.95 Å². The Balaban J connectivity index is 0.00000110. The van der Waals surface area contributed by atoms with Gasteiger partial charge < -0.3 is 14.9 Å². The predicted molar refractivity (Wildman–Crippen MR) is 141 cm³/mol. The summed E-state index contributed by atoms with van der Waals surface area (Å²) in [6.07, 6.45) is 1.86. The maximum absolute atomic E-state index is 13.0. The van der Waals surface area contributed by atoms with Crippen LogP contribution in [0.25, 0.3) is 10.4 Å². The number of rotatable bonds is 4. The highest BCUT2D eigenvalue weighted by Gasteiger charge is 2.39. The SMILES string of the molecule is C.CC.CC.C[C@@H]1C[C@H](O)C[C@](O)(c2ccc(Cl)c(Cc3ccc(-c4ccc(F)nc4)s3)c2)O1. The van der Waals surface area contributed by atoms with Gasteiger partial charge >= 0.3 is 0 Å². The molecular weight excluding hydrogens is 473 g/mol. The fourth-order valence-electron chi connectivity index (χ4n) is 3.69. The molecule has 3 atom stereocenters. The van der Waals surface area contributed by atoms with Crippen molar-refractivity contribution in [1.82, 2.24) is 4.98 Å². The highest BCUT2D eigenvalue weighted by Crippen LogP contribution is 2.38. The molecule has 1 aliphatic rings. The normalized spacial score (nSPS) is 21.3. The van der Waals surface area contributed by atoms with Gasteiger partial charge in [-0.1, -0.05) is 52.8 Å². The molecule has 2 N–H and O–H groups in total. The van der Waals surface area contributed by atoms with E-state index in [1.54, 1.807) is 29.5 Å². The van der Waals surface area contributed by atoms with Gasteiger partial charge in [0.15, 0.2) is 5.79 Å². The Kier molecular flexibility index (Phi) is 12.4. The molecule has 3 aromatic rings. The molecule has 0 aliphatic carbocycles. The minimum Gasteiger partial charge on any atom is -0.393 e. The summed E-state index contributed by atoms with van der Waals surface area (Å²) in [5.41, 5.74) is 2.30. The van der Waals surface area contributed by atoms with Crippen molar-refractivity contribution >= 4 is 22.9 Å². The monoisotopic (exact) mass is 509 g/mol. The van der Waals surface area contributed by atoms with Crippen LogP contribution in [-0.2, 0) is 16.9 Å². The Bertz CT molecular complexity index is 999. The lowest BCUT2D eigenvalue weighted by atomic mass is 9.92. The Morgan fingerprint density at radius 2 is 1.85 bits per heavy atom. The van der Waals surface area contributed by atoms with E-state index in [1.165, 1.54) is 12.3 Å². The van der Waals surface area contributed by atoms with Gasteiger partial charge in [0.05, 0.1) is 12.2 Å². The van der Waals surface area contributed by atoms with Gasteiger partial charge in [-0.15, -0.1) is 11.3 Å². The summed E-state index contributed by atoms with van der Waals surface area (Å²) in [6.45, 7) is 9.83. The number of aliphatic hydroxyl groups is 2. The van der Waals surface area contributed by atoms with Crippen molar-refractivity contribution in [2.75, 3.05) is 0 Å². The average Bonchev–Trinajstić information content (AvgIpc) is 3.26. The van der Waals surface area contributed by atoms with Gasteiger partial charge in [0.1, 0.15) is 0 Å². The first-order chi connectivity index (χ1) is 15.8. The maximum atomic E-state index is 13.0. The first-order valence-electron chi connectivity index (χ1n) is 11.4. The fraction of sp³-hybridized carbons (Fsp3) is 0.444. The molecule has 3 heterocycles. The van der Waals surface area contributed by atoms with Crippen LogP contribution in [0.4, 0.5) is 4.39 Å². The molecule has 0 radical (unpaired) electrons. The van der Waals surface area contributed by atoms with Crippen molar-refractivity contribution in [2.24, 2.45) is 0 Å². The van der Waals surface area contributed by atoms with E-state index < -0.39 is 17.8 Å². The molecule has 2 aromatic heterocycles. The third-order valence-corrected chi connectivity index (χ3v) is 6.55. The summed E-state index contributed by atoms with van der Waals surface area (Å²) in [7, 11) is 0. The van der Waals surface area contributed by atoms with Gasteiger partial charge in [-0.25, -0.2) is 4.98 Å². The zero-order valence-electron chi connectivity index (χ0n) is 19.8. The van der Waals surface area contributed by atoms with Gasteiger partial charge in [0.2, 0.25) is 5.95 Å². The third-order valence-electron chi connectivity index (χ3n) is 5.05. The topological polar surface area (TPSA) is 62.6 Å². The molecule has 7 heteroatoms. The maximum Gasteiger partial charge on any atom is 0.212 e. The highest BCUT2D eigenvalue weighted by atomic mass is 35.5. The van der Waals surface area contributed by atoms with E-state index in [0.717, 1.165) is 20.9 Å². The third kappa shape index (κ3) is 7.59. The smallest absolute Gasteiger partial charge is 0.212 e. The zero-order valence-corrected chi connectivity index (χ0v) is 21.4. The molecule has 4 nitrogen and oxygen atoms in total. The number of benzene rings is 1. The summed E-state index contributed by atoms with van der Waals surface area (Å²) in [5.74, 6) is -2.03. The molecule has 1 aromatic carbocycles. The number of aromatic nitrogens is 1. The minimum atomic E-state index is -1.53. The minimum absolute atomic E-state index is 0. The quantitative estimate of drug-likeness (QED) is 0.356. The van der Waals surface area contributed by atoms with Gasteiger partial charge in [0, 0.05) is 44.9 Å². The Morgan fingerprint density at radius 1 is 1.15 bits per heavy atom. The van der Waals surface area contributed by atoms with Crippen LogP contribution < -0.4 is 0 Å². The van der Waals surface area contributed by atoms with Crippen molar-refractivity contribution in [2.45, 2.75) is 79.3 Å². The fourth-order valence-corrected chi connectivity index (χ4v) is 4.90. The largest absolute Gasteiger partial charge is 0.393 e. The molecule has 4 rings (SSSR count). The van der Waals surface area contributed by atoms with Crippen molar-refractivity contribution in [3.63, 3.8) is 0 Å². The summed E-state index contributed by atoms with van der Waals surface area (Å²) in [4.78, 5) is 5.77. The van der Waals surface area contributed by atoms with Crippen LogP contribution in [0.5, 0.6) is 0 Å². The second-order valence-corrected chi connectivity index (χ2v) is 9.00. The van der Waals surface area contributed by atoms with Gasteiger partial charge in [0.25, 0.3) is 0 Å². The lowest BCUT2D eigenvalue weighted by Crippen LogP contribution is -2.43. The van der Waals surface area contributed by atoms with E-state index in [2.05, 4.69) is 4.98 Å². The summed E-state index contributed by atoms with van der Waals surface area (Å²) in [5, 5.41) is 21.6. The highest BCUT2D eigenvalue weighted by molar-refractivity contribution is 7.15. The van der Waals surface area contributed by atoms with Crippen LogP contribution in [-0.4, -0.2) is 27.4 Å². The summed E-state index contributed by atoms with van der Waals surface area (Å²) < 4.78 is 18.8. The van der Waals surface area contributed by atoms with Crippen molar-refractivity contribution in [1.29, 1.82) is 0 Å². The number of ether oxygens (including phenoxy) is 1. The van der Waals surface area contributed by atoms with Crippen LogP contribution in [0.1, 0.15) is 70.9 Å². The molecule has 0 spiro atoms. The number of nitrogens with zero attached hydrogens (tertiary/aromatic N) is 1. The van der Waals surface area contributed by atoms with E-state index >= 15 is 0 Å². The number of pyridine rings is 1. The molecule has 1 aliphatic heterocycles. The standard InChI is InChI=1S/C22H21ClFNO3S.2C2H6.CH4/c1-13-8-17(26)11-22(27,28-13)16-3-5-19(23)15(9-16)10-18-4-6-20(29-18)14-2-7-21(24)25-12-14;2*1-2;/h2-7,9,12-13,17,26-27H,8,10-11H2,1H3;2*1-2H3;1H4/t13-,17+,22-;;;/m1.../s1. The molecule has 0 amide bonds. The van der Waals surface area contributed by atoms with E-state index in [-0.39, 0.29) is 20.0 Å². The number of aliphatic hydroxyl groups excluding tert-OH is 1. The van der Waals surface area contributed by atoms with Crippen LogP contribution >= 0.6 is 22.9 Å². The molecule has 34 heavy (non-hydrogen) atoms. The average molecular weight is 510 g/mol. The molecule has 0 unspecified atom stereocenters. The van der Waals surface area contributed by atoms with Crippen LogP contribution in [0.2, 0.25) is 5.02 Å². The molecule has 0 bridgehead atoms. The zero-order chi connectivity index (χ0) is 24.6. The molecule has 0 saturated carbocycles. The van der Waals surface area contributed by atoms with Crippen molar-refractivity contribution < 1.29 is 19.3 Å². The predicted octanol–water partition coefficient (Wildman–Crippen LogP) is 7.59. The number of hydrogen-bond donors (Lipinski definition) is 2.